The quantitative estimate of drug-likeness (QED) is 0.809. The van der Waals surface area contributed by atoms with Gasteiger partial charge in [-0.15, -0.1) is 0 Å². The van der Waals surface area contributed by atoms with Crippen molar-refractivity contribution in [1.29, 1.82) is 0 Å². The van der Waals surface area contributed by atoms with Crippen LogP contribution in [0.2, 0.25) is 0 Å². The molecule has 3 N–H and O–H groups in total. The second-order valence-electron chi connectivity index (χ2n) is 5.89. The SMILES string of the molecule is CC(C)N1CCN(CCC(=O)Nc2cccc(N)c2)CC1. The van der Waals surface area contributed by atoms with Gasteiger partial charge < -0.3 is 16.0 Å². The molecule has 1 aliphatic rings. The smallest absolute Gasteiger partial charge is 0.225 e. The van der Waals surface area contributed by atoms with Crippen molar-refractivity contribution in [1.82, 2.24) is 9.80 Å². The monoisotopic (exact) mass is 290 g/mol. The van der Waals surface area contributed by atoms with E-state index in [1.807, 2.05) is 18.2 Å². The normalized spacial score (nSPS) is 17.1. The first-order chi connectivity index (χ1) is 10.0. The number of piperazine rings is 1. The third-order valence-electron chi connectivity index (χ3n) is 3.96. The second kappa shape index (κ2) is 7.43. The number of benzene rings is 1. The minimum absolute atomic E-state index is 0.0480. The Morgan fingerprint density at radius 2 is 2.00 bits per heavy atom. The maximum Gasteiger partial charge on any atom is 0.225 e. The molecule has 2 rings (SSSR count). The summed E-state index contributed by atoms with van der Waals surface area (Å²) in [5.41, 5.74) is 7.13. The molecular weight excluding hydrogens is 264 g/mol. The third-order valence-corrected chi connectivity index (χ3v) is 3.96. The Balaban J connectivity index is 1.70. The predicted octanol–water partition coefficient (Wildman–Crippen LogP) is 1.62. The minimum atomic E-state index is 0.0480. The topological polar surface area (TPSA) is 61.6 Å². The lowest BCUT2D eigenvalue weighted by atomic mass is 10.2. The van der Waals surface area contributed by atoms with E-state index in [1.54, 1.807) is 6.07 Å². The van der Waals surface area contributed by atoms with Gasteiger partial charge in [-0.3, -0.25) is 9.69 Å². The van der Waals surface area contributed by atoms with Crippen LogP contribution >= 0.6 is 0 Å². The lowest BCUT2D eigenvalue weighted by Gasteiger charge is -2.36. The minimum Gasteiger partial charge on any atom is -0.399 e. The van der Waals surface area contributed by atoms with E-state index in [1.165, 1.54) is 0 Å². The van der Waals surface area contributed by atoms with Crippen molar-refractivity contribution in [2.75, 3.05) is 43.8 Å². The fourth-order valence-corrected chi connectivity index (χ4v) is 2.60. The van der Waals surface area contributed by atoms with E-state index >= 15 is 0 Å². The van der Waals surface area contributed by atoms with Crippen LogP contribution in [0.1, 0.15) is 20.3 Å². The molecule has 1 saturated heterocycles. The van der Waals surface area contributed by atoms with Gasteiger partial charge in [0.1, 0.15) is 0 Å². The Hall–Kier alpha value is -1.59. The fourth-order valence-electron chi connectivity index (χ4n) is 2.60. The summed E-state index contributed by atoms with van der Waals surface area (Å²) < 4.78 is 0. The van der Waals surface area contributed by atoms with Crippen LogP contribution in [0.15, 0.2) is 24.3 Å². The van der Waals surface area contributed by atoms with E-state index in [-0.39, 0.29) is 5.91 Å². The van der Waals surface area contributed by atoms with E-state index in [2.05, 4.69) is 29.0 Å². The Kier molecular flexibility index (Phi) is 5.59. The third kappa shape index (κ3) is 5.02. The van der Waals surface area contributed by atoms with Crippen LogP contribution in [0.4, 0.5) is 11.4 Å². The van der Waals surface area contributed by atoms with Crippen molar-refractivity contribution in [2.45, 2.75) is 26.3 Å². The van der Waals surface area contributed by atoms with Gasteiger partial charge in [-0.2, -0.15) is 0 Å². The average molecular weight is 290 g/mol. The van der Waals surface area contributed by atoms with E-state index in [0.717, 1.165) is 38.4 Å². The molecule has 1 amide bonds. The number of nitrogens with one attached hydrogen (secondary N) is 1. The van der Waals surface area contributed by atoms with Crippen LogP contribution in [0.3, 0.4) is 0 Å². The summed E-state index contributed by atoms with van der Waals surface area (Å²) in [5.74, 6) is 0.0480. The number of amides is 1. The Bertz CT molecular complexity index is 467. The summed E-state index contributed by atoms with van der Waals surface area (Å²) in [5, 5.41) is 2.89. The first kappa shape index (κ1) is 15.8. The van der Waals surface area contributed by atoms with Gasteiger partial charge in [0.2, 0.25) is 5.91 Å². The molecule has 0 spiro atoms. The summed E-state index contributed by atoms with van der Waals surface area (Å²) in [4.78, 5) is 16.8. The number of nitrogens with zero attached hydrogens (tertiary/aromatic N) is 2. The number of nitrogen functional groups attached to an aromatic ring is 1. The lowest BCUT2D eigenvalue weighted by Crippen LogP contribution is -2.49. The predicted molar refractivity (Wildman–Crippen MR) is 87.3 cm³/mol. The Morgan fingerprint density at radius 1 is 1.29 bits per heavy atom. The summed E-state index contributed by atoms with van der Waals surface area (Å²) in [6.45, 7) is 9.56. The van der Waals surface area contributed by atoms with Crippen LogP contribution in [-0.2, 0) is 4.79 Å². The van der Waals surface area contributed by atoms with Crippen LogP contribution < -0.4 is 11.1 Å². The van der Waals surface area contributed by atoms with Gasteiger partial charge in [-0.25, -0.2) is 0 Å². The first-order valence-corrected chi connectivity index (χ1v) is 7.66. The van der Waals surface area contributed by atoms with Crippen molar-refractivity contribution in [3.05, 3.63) is 24.3 Å². The maximum atomic E-state index is 11.9. The number of rotatable bonds is 5. The molecule has 0 saturated carbocycles. The standard InChI is InChI=1S/C16H26N4O/c1-13(2)20-10-8-19(9-11-20)7-6-16(21)18-15-5-3-4-14(17)12-15/h3-5,12-13H,6-11,17H2,1-2H3,(H,18,21). The van der Waals surface area contributed by atoms with Gasteiger partial charge in [-0.05, 0) is 32.0 Å². The lowest BCUT2D eigenvalue weighted by molar-refractivity contribution is -0.116. The second-order valence-corrected chi connectivity index (χ2v) is 5.89. The highest BCUT2D eigenvalue weighted by molar-refractivity contribution is 5.91. The van der Waals surface area contributed by atoms with Crippen LogP contribution in [-0.4, -0.2) is 54.5 Å². The van der Waals surface area contributed by atoms with Gasteiger partial charge in [0.25, 0.3) is 0 Å². The van der Waals surface area contributed by atoms with Gasteiger partial charge in [0.15, 0.2) is 0 Å². The zero-order valence-electron chi connectivity index (χ0n) is 13.0. The summed E-state index contributed by atoms with van der Waals surface area (Å²) in [6.07, 6.45) is 0.524. The number of carbonyl (C=O) groups is 1. The zero-order valence-corrected chi connectivity index (χ0v) is 13.0. The molecule has 1 heterocycles. The Labute approximate surface area is 127 Å². The number of nitrogens with two attached hydrogens (primary N) is 1. The van der Waals surface area contributed by atoms with Crippen molar-refractivity contribution >= 4 is 17.3 Å². The molecule has 0 aromatic heterocycles. The molecule has 0 aliphatic carbocycles. The number of anilines is 2. The average Bonchev–Trinajstić information content (AvgIpc) is 2.45. The molecule has 1 aliphatic heterocycles. The molecule has 5 nitrogen and oxygen atoms in total. The highest BCUT2D eigenvalue weighted by atomic mass is 16.1. The van der Waals surface area contributed by atoms with Crippen LogP contribution in [0.5, 0.6) is 0 Å². The largest absolute Gasteiger partial charge is 0.399 e. The molecule has 1 aromatic carbocycles. The fraction of sp³-hybridized carbons (Fsp3) is 0.562. The zero-order chi connectivity index (χ0) is 15.2. The molecule has 0 atom stereocenters. The highest BCUT2D eigenvalue weighted by Crippen LogP contribution is 2.12. The molecule has 1 aromatic rings. The summed E-state index contributed by atoms with van der Waals surface area (Å²) in [6, 6.07) is 7.90. The Morgan fingerprint density at radius 3 is 2.62 bits per heavy atom. The molecule has 1 fully saturated rings. The maximum absolute atomic E-state index is 11.9. The number of hydrogen-bond donors (Lipinski definition) is 2. The highest BCUT2D eigenvalue weighted by Gasteiger charge is 2.18. The van der Waals surface area contributed by atoms with Crippen molar-refractivity contribution in [2.24, 2.45) is 0 Å². The van der Waals surface area contributed by atoms with Gasteiger partial charge in [-0.1, -0.05) is 6.07 Å². The van der Waals surface area contributed by atoms with Crippen LogP contribution in [0, 0.1) is 0 Å². The van der Waals surface area contributed by atoms with E-state index in [9.17, 15) is 4.79 Å². The molecule has 5 heteroatoms. The van der Waals surface area contributed by atoms with Crippen LogP contribution in [0.25, 0.3) is 0 Å². The van der Waals surface area contributed by atoms with E-state index in [4.69, 9.17) is 5.73 Å². The molecule has 0 bridgehead atoms. The molecule has 21 heavy (non-hydrogen) atoms. The van der Waals surface area contributed by atoms with E-state index < -0.39 is 0 Å². The summed E-state index contributed by atoms with van der Waals surface area (Å²) >= 11 is 0. The van der Waals surface area contributed by atoms with E-state index in [0.29, 0.717) is 18.2 Å². The number of carbonyl (C=O) groups excluding carboxylic acids is 1. The molecule has 0 unspecified atom stereocenters. The van der Waals surface area contributed by atoms with Gasteiger partial charge >= 0.3 is 0 Å². The van der Waals surface area contributed by atoms with Crippen molar-refractivity contribution < 1.29 is 4.79 Å². The van der Waals surface area contributed by atoms with Gasteiger partial charge in [0.05, 0.1) is 0 Å². The van der Waals surface area contributed by atoms with Crippen molar-refractivity contribution in [3.63, 3.8) is 0 Å². The summed E-state index contributed by atoms with van der Waals surface area (Å²) in [7, 11) is 0. The molecular formula is C16H26N4O. The number of hydrogen-bond acceptors (Lipinski definition) is 4. The van der Waals surface area contributed by atoms with Crippen molar-refractivity contribution in [3.8, 4) is 0 Å². The molecule has 116 valence electrons. The first-order valence-electron chi connectivity index (χ1n) is 7.66. The molecule has 0 radical (unpaired) electrons. The van der Waals surface area contributed by atoms with Gasteiger partial charge in [0, 0.05) is 56.6 Å².